The number of hydrogen-bond donors (Lipinski definition) is 0. The molecule has 21 aromatic rings. The Hall–Kier alpha value is -11.5. The molecule has 4 aliphatic heterocycles. The monoisotopic (exact) mass is 1600 g/mol. The van der Waals surface area contributed by atoms with Crippen LogP contribution in [0.3, 0.4) is 0 Å². The van der Waals surface area contributed by atoms with E-state index in [0.717, 1.165) is 120 Å². The molecule has 4 aromatic heterocycles. The van der Waals surface area contributed by atoms with Crippen molar-refractivity contribution in [3.05, 3.63) is 267 Å². The highest BCUT2D eigenvalue weighted by molar-refractivity contribution is 6.66. The van der Waals surface area contributed by atoms with Gasteiger partial charge in [0.2, 0.25) is 0 Å². The molecule has 0 bridgehead atoms. The van der Waals surface area contributed by atoms with Crippen LogP contribution in [-0.4, -0.2) is 73.3 Å². The highest BCUT2D eigenvalue weighted by atomic mass is 16.7. The summed E-state index contributed by atoms with van der Waals surface area (Å²) < 4.78 is 75.9. The van der Waals surface area contributed by atoms with Crippen LogP contribution in [0.5, 0.6) is 0 Å². The Morgan fingerprint density at radius 1 is 0.172 bits per heavy atom. The fraction of sp³-hybridized carbons (Fsp3) is 0.226. The summed E-state index contributed by atoms with van der Waals surface area (Å²) in [5, 5.41) is 30.8. The molecule has 0 N–H and O–H groups in total. The van der Waals surface area contributed by atoms with Gasteiger partial charge in [0.1, 0.15) is 44.7 Å². The molecule has 0 amide bonds. The molecular formula is C106H92B4O12. The SMILES string of the molecule is CC1(C)OB(c2cc3c4ccccc4oc3c3c2ccc2ccccc23)OC1(C)C.CC1(C)OB(c2ccc3oc4c(ccc5ccc6ccccc6c54)c3c2)OC1(C)C.CC1(C)OB(c2ccc3oc4cc5ccc6cccc7ccc(c4c3c2)c5c67)OC1(C)C.CC1(C)OB(c2ccc3oc4ccc5c6ccccc6ccc5c4c3c2)OC1(C)C. The standard InChI is InChI=1S/C28H23BO3.3C26H23BO3/c1-27(2)28(3,4)32-29(31-27)19-11-13-22-21(15-19)26-20-12-10-17-7-5-6-16-8-9-18(14-23(26)30-22)25(20)24(16)17;1-25(2)26(3,4)30-27(29-25)21-15-20-18-11-7-8-12-22(18)28-24(20)23-17-10-6-5-9-16(17)13-14-19(21)23;1-25(2)26(3,4)30-27(29-25)17-10-13-22-21(15-17)24-20-11-9-16-7-5-6-8-18(16)19(20)12-14-23(24)28-22;1-25(2)26(3,4)30-27(29-25)18-12-14-22-21(15-18)20-13-11-17-10-9-16-7-5-6-8-19(16)23(17)24(20)28-22/h5-15H,1-4H3;3*5-15H,1-4H3. The van der Waals surface area contributed by atoms with E-state index in [1.807, 2.05) is 42.5 Å². The number of para-hydroxylation sites is 1. The van der Waals surface area contributed by atoms with Crippen molar-refractivity contribution in [1.29, 1.82) is 0 Å². The largest absolute Gasteiger partial charge is 0.495 e. The molecule has 16 heteroatoms. The van der Waals surface area contributed by atoms with E-state index in [0.29, 0.717) is 0 Å². The van der Waals surface area contributed by atoms with E-state index in [1.54, 1.807) is 0 Å². The molecule has 12 nitrogen and oxygen atoms in total. The Labute approximate surface area is 708 Å². The first-order valence-corrected chi connectivity index (χ1v) is 42.6. The second-order valence-corrected chi connectivity index (χ2v) is 37.8. The Morgan fingerprint density at radius 2 is 0.525 bits per heavy atom. The van der Waals surface area contributed by atoms with Crippen LogP contribution in [-0.2, 0) is 37.2 Å². The molecule has 25 rings (SSSR count). The second-order valence-electron chi connectivity index (χ2n) is 37.8. The predicted octanol–water partition coefficient (Wildman–Crippen LogP) is 25.4. The lowest BCUT2D eigenvalue weighted by molar-refractivity contribution is 0.00578. The number of fused-ring (bicyclic) bond motifs is 25. The predicted molar refractivity (Wildman–Crippen MR) is 506 cm³/mol. The lowest BCUT2D eigenvalue weighted by Gasteiger charge is -2.32. The Kier molecular flexibility index (Phi) is 16.9. The van der Waals surface area contributed by atoms with Gasteiger partial charge in [0.15, 0.2) is 0 Å². The molecule has 4 fully saturated rings. The minimum absolute atomic E-state index is 0.361. The molecular weight excluding hydrogens is 1510 g/mol. The molecule has 4 saturated heterocycles. The first-order valence-electron chi connectivity index (χ1n) is 42.6. The highest BCUT2D eigenvalue weighted by Gasteiger charge is 2.55. The maximum absolute atomic E-state index is 6.45. The number of hydrogen-bond acceptors (Lipinski definition) is 12. The summed E-state index contributed by atoms with van der Waals surface area (Å²) in [5.74, 6) is 0. The van der Waals surface area contributed by atoms with Gasteiger partial charge in [-0.1, -0.05) is 224 Å². The summed E-state index contributed by atoms with van der Waals surface area (Å²) in [6, 6.07) is 93.8. The van der Waals surface area contributed by atoms with Crippen molar-refractivity contribution < 1.29 is 54.9 Å². The zero-order valence-corrected chi connectivity index (χ0v) is 71.6. The zero-order chi connectivity index (χ0) is 83.8. The van der Waals surface area contributed by atoms with Gasteiger partial charge in [-0.15, -0.1) is 0 Å². The van der Waals surface area contributed by atoms with Crippen LogP contribution in [0.1, 0.15) is 111 Å². The maximum atomic E-state index is 6.45. The van der Waals surface area contributed by atoms with Gasteiger partial charge in [-0.2, -0.15) is 0 Å². The third kappa shape index (κ3) is 11.9. The lowest BCUT2D eigenvalue weighted by atomic mass is 9.74. The van der Waals surface area contributed by atoms with Gasteiger partial charge in [-0.05, 0) is 261 Å². The second kappa shape index (κ2) is 27.0. The van der Waals surface area contributed by atoms with Gasteiger partial charge in [0.25, 0.3) is 0 Å². The van der Waals surface area contributed by atoms with Crippen molar-refractivity contribution in [2.45, 2.75) is 156 Å². The number of furan rings is 4. The molecule has 17 aromatic carbocycles. The summed E-state index contributed by atoms with van der Waals surface area (Å²) in [5.41, 5.74) is 8.33. The topological polar surface area (TPSA) is 126 Å². The summed E-state index contributed by atoms with van der Waals surface area (Å²) in [7, 11) is -1.60. The first-order chi connectivity index (χ1) is 58.4. The normalized spacial score (nSPS) is 18.2. The summed E-state index contributed by atoms with van der Waals surface area (Å²) in [6.07, 6.45) is 0. The van der Waals surface area contributed by atoms with E-state index in [2.05, 4.69) is 335 Å². The third-order valence-corrected chi connectivity index (χ3v) is 28.3. The summed E-state index contributed by atoms with van der Waals surface area (Å²) in [6.45, 7) is 33.4. The molecule has 0 radical (unpaired) electrons. The van der Waals surface area contributed by atoms with E-state index in [9.17, 15) is 0 Å². The average molecular weight is 1600 g/mol. The van der Waals surface area contributed by atoms with Crippen LogP contribution in [0, 0.1) is 0 Å². The smallest absolute Gasteiger partial charge is 0.456 e. The lowest BCUT2D eigenvalue weighted by Crippen LogP contribution is -2.41. The highest BCUT2D eigenvalue weighted by Crippen LogP contribution is 2.48. The fourth-order valence-electron chi connectivity index (χ4n) is 18.7. The molecule has 4 aliphatic rings. The molecule has 0 spiro atoms. The number of rotatable bonds is 4. The summed E-state index contributed by atoms with van der Waals surface area (Å²) in [4.78, 5) is 0. The van der Waals surface area contributed by atoms with E-state index < -0.39 is 25.4 Å². The molecule has 0 aliphatic carbocycles. The van der Waals surface area contributed by atoms with E-state index in [4.69, 9.17) is 54.9 Å². The van der Waals surface area contributed by atoms with Crippen molar-refractivity contribution in [1.82, 2.24) is 0 Å². The maximum Gasteiger partial charge on any atom is 0.495 e. The van der Waals surface area contributed by atoms with Gasteiger partial charge < -0.3 is 54.9 Å². The molecule has 0 saturated carbocycles. The Balaban J connectivity index is 0.0000000972. The van der Waals surface area contributed by atoms with Crippen LogP contribution >= 0.6 is 0 Å². The van der Waals surface area contributed by atoms with Gasteiger partial charge in [0.05, 0.1) is 44.8 Å². The van der Waals surface area contributed by atoms with Crippen LogP contribution < -0.4 is 21.9 Å². The van der Waals surface area contributed by atoms with Crippen LogP contribution in [0.2, 0.25) is 0 Å². The van der Waals surface area contributed by atoms with E-state index >= 15 is 0 Å². The number of benzene rings is 17. The van der Waals surface area contributed by atoms with Crippen molar-refractivity contribution in [2.75, 3.05) is 0 Å². The Bertz CT molecular complexity index is 7860. The minimum Gasteiger partial charge on any atom is -0.456 e. The fourth-order valence-corrected chi connectivity index (χ4v) is 18.7. The van der Waals surface area contributed by atoms with Gasteiger partial charge in [0, 0.05) is 53.9 Å². The third-order valence-electron chi connectivity index (χ3n) is 28.3. The van der Waals surface area contributed by atoms with Crippen molar-refractivity contribution in [3.63, 3.8) is 0 Å². The summed E-state index contributed by atoms with van der Waals surface area (Å²) >= 11 is 0. The minimum atomic E-state index is -0.434. The first kappa shape index (κ1) is 76.6. The molecule has 0 unspecified atom stereocenters. The van der Waals surface area contributed by atoms with Crippen molar-refractivity contribution in [3.8, 4) is 0 Å². The zero-order valence-electron chi connectivity index (χ0n) is 71.6. The van der Waals surface area contributed by atoms with Gasteiger partial charge in [-0.25, -0.2) is 0 Å². The van der Waals surface area contributed by atoms with Crippen LogP contribution in [0.25, 0.3) is 185 Å². The van der Waals surface area contributed by atoms with Crippen LogP contribution in [0.15, 0.2) is 285 Å². The molecule has 600 valence electrons. The van der Waals surface area contributed by atoms with Gasteiger partial charge >= 0.3 is 28.5 Å². The Morgan fingerprint density at radius 3 is 1.07 bits per heavy atom. The van der Waals surface area contributed by atoms with Crippen LogP contribution in [0.4, 0.5) is 0 Å². The average Bonchev–Trinajstić information content (AvgIpc) is 1.36. The van der Waals surface area contributed by atoms with Crippen molar-refractivity contribution >= 4 is 235 Å². The quantitative estimate of drug-likeness (QED) is 0.123. The van der Waals surface area contributed by atoms with E-state index in [1.165, 1.54) is 86.2 Å². The molecule has 0 atom stereocenters. The van der Waals surface area contributed by atoms with Crippen molar-refractivity contribution in [2.24, 2.45) is 0 Å². The van der Waals surface area contributed by atoms with Gasteiger partial charge in [-0.3, -0.25) is 0 Å². The molecule has 8 heterocycles. The van der Waals surface area contributed by atoms with E-state index in [-0.39, 0.29) is 47.8 Å². The molecule has 122 heavy (non-hydrogen) atoms.